The summed E-state index contributed by atoms with van der Waals surface area (Å²) in [5.74, 6) is 0.616. The number of carbonyl (C=O) groups is 1. The summed E-state index contributed by atoms with van der Waals surface area (Å²) in [6, 6.07) is 15.5. The summed E-state index contributed by atoms with van der Waals surface area (Å²) in [5, 5.41) is 5.60. The number of hydrogen-bond acceptors (Lipinski definition) is 2. The molecule has 0 atom stereocenters. The number of amides is 2. The lowest BCUT2D eigenvalue weighted by atomic mass is 10.1. The molecule has 130 valence electrons. The predicted octanol–water partition coefficient (Wildman–Crippen LogP) is 4.95. The van der Waals surface area contributed by atoms with Gasteiger partial charge in [0.2, 0.25) is 0 Å². The molecule has 0 aromatic heterocycles. The van der Waals surface area contributed by atoms with E-state index in [4.69, 9.17) is 4.74 Å². The van der Waals surface area contributed by atoms with E-state index in [1.807, 2.05) is 67.6 Å². The van der Waals surface area contributed by atoms with E-state index < -0.39 is 0 Å². The van der Waals surface area contributed by atoms with Crippen LogP contribution in [0.5, 0.6) is 5.75 Å². The zero-order chi connectivity index (χ0) is 18.1. The minimum atomic E-state index is -0.257. The molecule has 0 unspecified atom stereocenters. The molecule has 2 aromatic rings. The molecule has 0 aliphatic heterocycles. The fraction of sp³-hybridized carbons (Fsp3) is 0.190. The summed E-state index contributed by atoms with van der Waals surface area (Å²) < 4.78 is 5.39. The first-order valence-corrected chi connectivity index (χ1v) is 8.19. The Bertz CT molecular complexity index is 752. The van der Waals surface area contributed by atoms with Gasteiger partial charge in [-0.1, -0.05) is 54.1 Å². The molecule has 0 saturated carbocycles. The van der Waals surface area contributed by atoms with Crippen molar-refractivity contribution in [3.63, 3.8) is 0 Å². The standard InChI is InChI=1S/C21H24N2O2/c1-16(2)13-14-22-21(24)23-19-12-11-18(15-20(19)25-3)10-9-17-7-5-4-6-8-17/h4-12,15H,1,13-14H2,2-3H3,(H2,22,23,24)/b10-9+. The summed E-state index contributed by atoms with van der Waals surface area (Å²) >= 11 is 0. The number of ether oxygens (including phenoxy) is 1. The molecule has 2 N–H and O–H groups in total. The zero-order valence-electron chi connectivity index (χ0n) is 14.7. The summed E-state index contributed by atoms with van der Waals surface area (Å²) in [5.41, 5.74) is 3.79. The van der Waals surface area contributed by atoms with Gasteiger partial charge in [-0.25, -0.2) is 4.79 Å². The van der Waals surface area contributed by atoms with Gasteiger partial charge in [-0.3, -0.25) is 0 Å². The minimum Gasteiger partial charge on any atom is -0.495 e. The zero-order valence-corrected chi connectivity index (χ0v) is 14.7. The quantitative estimate of drug-likeness (QED) is 0.555. The molecule has 2 rings (SSSR count). The second kappa shape index (κ2) is 9.33. The van der Waals surface area contributed by atoms with Gasteiger partial charge >= 0.3 is 6.03 Å². The Hall–Kier alpha value is -3.01. The fourth-order valence-electron chi connectivity index (χ4n) is 2.23. The number of nitrogens with one attached hydrogen (secondary N) is 2. The van der Waals surface area contributed by atoms with Crippen molar-refractivity contribution in [2.24, 2.45) is 0 Å². The second-order valence-corrected chi connectivity index (χ2v) is 5.79. The van der Waals surface area contributed by atoms with Gasteiger partial charge in [0.05, 0.1) is 12.8 Å². The fourth-order valence-corrected chi connectivity index (χ4v) is 2.23. The number of hydrogen-bond donors (Lipinski definition) is 2. The maximum atomic E-state index is 11.9. The minimum absolute atomic E-state index is 0.257. The molecule has 0 aliphatic carbocycles. The molecule has 25 heavy (non-hydrogen) atoms. The third-order valence-corrected chi connectivity index (χ3v) is 3.58. The average Bonchev–Trinajstić information content (AvgIpc) is 2.61. The van der Waals surface area contributed by atoms with Crippen LogP contribution in [0.2, 0.25) is 0 Å². The van der Waals surface area contributed by atoms with E-state index in [1.54, 1.807) is 7.11 Å². The van der Waals surface area contributed by atoms with Crippen LogP contribution < -0.4 is 15.4 Å². The summed E-state index contributed by atoms with van der Waals surface area (Å²) in [6.07, 6.45) is 4.80. The van der Waals surface area contributed by atoms with Gasteiger partial charge in [0.1, 0.15) is 5.75 Å². The van der Waals surface area contributed by atoms with Crippen molar-refractivity contribution in [3.05, 3.63) is 71.8 Å². The third-order valence-electron chi connectivity index (χ3n) is 3.58. The lowest BCUT2D eigenvalue weighted by molar-refractivity contribution is 0.252. The molecular formula is C21H24N2O2. The van der Waals surface area contributed by atoms with Gasteiger partial charge in [0.15, 0.2) is 0 Å². The first-order chi connectivity index (χ1) is 12.1. The van der Waals surface area contributed by atoms with E-state index in [1.165, 1.54) is 0 Å². The van der Waals surface area contributed by atoms with E-state index in [-0.39, 0.29) is 6.03 Å². The van der Waals surface area contributed by atoms with Crippen molar-refractivity contribution >= 4 is 23.9 Å². The van der Waals surface area contributed by atoms with Crippen LogP contribution in [-0.2, 0) is 0 Å². The van der Waals surface area contributed by atoms with Crippen molar-refractivity contribution in [2.75, 3.05) is 19.0 Å². The first kappa shape index (κ1) is 18.3. The Kier molecular flexibility index (Phi) is 6.84. The molecule has 0 spiro atoms. The van der Waals surface area contributed by atoms with Gasteiger partial charge in [-0.15, -0.1) is 6.58 Å². The SMILES string of the molecule is C=C(C)CCNC(=O)Nc1ccc(/C=C/c2ccccc2)cc1OC. The second-order valence-electron chi connectivity index (χ2n) is 5.79. The number of anilines is 1. The third kappa shape index (κ3) is 6.18. The lowest BCUT2D eigenvalue weighted by Crippen LogP contribution is -2.29. The van der Waals surface area contributed by atoms with Crippen molar-refractivity contribution < 1.29 is 9.53 Å². The number of rotatable bonds is 7. The highest BCUT2D eigenvalue weighted by Gasteiger charge is 2.07. The topological polar surface area (TPSA) is 50.4 Å². The van der Waals surface area contributed by atoms with Crippen molar-refractivity contribution in [1.29, 1.82) is 0 Å². The molecule has 0 aliphatic rings. The number of carbonyl (C=O) groups excluding carboxylic acids is 1. The van der Waals surface area contributed by atoms with Crippen molar-refractivity contribution in [3.8, 4) is 5.75 Å². The molecule has 0 saturated heterocycles. The van der Waals surface area contributed by atoms with Gasteiger partial charge < -0.3 is 15.4 Å². The highest BCUT2D eigenvalue weighted by molar-refractivity contribution is 5.91. The van der Waals surface area contributed by atoms with Crippen LogP contribution in [0, 0.1) is 0 Å². The molecule has 0 fully saturated rings. The maximum Gasteiger partial charge on any atom is 0.319 e. The molecule has 2 aromatic carbocycles. The van der Waals surface area contributed by atoms with Gasteiger partial charge in [0, 0.05) is 6.54 Å². The van der Waals surface area contributed by atoms with Crippen molar-refractivity contribution in [2.45, 2.75) is 13.3 Å². The molecule has 4 heteroatoms. The Balaban J connectivity index is 2.02. The van der Waals surface area contributed by atoms with E-state index in [9.17, 15) is 4.79 Å². The molecule has 0 heterocycles. The van der Waals surface area contributed by atoms with Crippen molar-refractivity contribution in [1.82, 2.24) is 5.32 Å². The van der Waals surface area contributed by atoms with Crippen LogP contribution >= 0.6 is 0 Å². The van der Waals surface area contributed by atoms with E-state index in [2.05, 4.69) is 17.2 Å². The average molecular weight is 336 g/mol. The highest BCUT2D eigenvalue weighted by atomic mass is 16.5. The molecule has 4 nitrogen and oxygen atoms in total. The Morgan fingerprint density at radius 1 is 1.12 bits per heavy atom. The lowest BCUT2D eigenvalue weighted by Gasteiger charge is -2.12. The maximum absolute atomic E-state index is 11.9. The largest absolute Gasteiger partial charge is 0.495 e. The number of methoxy groups -OCH3 is 1. The summed E-state index contributed by atoms with van der Waals surface area (Å²) in [6.45, 7) is 6.31. The Labute approximate surface area is 149 Å². The molecular weight excluding hydrogens is 312 g/mol. The van der Waals surface area contributed by atoms with E-state index in [0.717, 1.165) is 23.1 Å². The monoisotopic (exact) mass is 336 g/mol. The molecule has 0 radical (unpaired) electrons. The van der Waals surface area contributed by atoms with Gasteiger partial charge in [-0.05, 0) is 36.6 Å². The predicted molar refractivity (Wildman–Crippen MR) is 105 cm³/mol. The van der Waals surface area contributed by atoms with E-state index in [0.29, 0.717) is 18.0 Å². The highest BCUT2D eigenvalue weighted by Crippen LogP contribution is 2.26. The number of urea groups is 1. The Morgan fingerprint density at radius 2 is 1.84 bits per heavy atom. The smallest absolute Gasteiger partial charge is 0.319 e. The van der Waals surface area contributed by atoms with E-state index >= 15 is 0 Å². The van der Waals surface area contributed by atoms with Crippen LogP contribution in [0.25, 0.3) is 12.2 Å². The van der Waals surface area contributed by atoms with Crippen LogP contribution in [0.4, 0.5) is 10.5 Å². The van der Waals surface area contributed by atoms with Gasteiger partial charge in [0.25, 0.3) is 0 Å². The van der Waals surface area contributed by atoms with Gasteiger partial charge in [-0.2, -0.15) is 0 Å². The number of benzene rings is 2. The Morgan fingerprint density at radius 3 is 2.52 bits per heavy atom. The van der Waals surface area contributed by atoms with Crippen LogP contribution in [-0.4, -0.2) is 19.7 Å². The molecule has 0 bridgehead atoms. The normalized spacial score (nSPS) is 10.5. The summed E-state index contributed by atoms with van der Waals surface area (Å²) in [4.78, 5) is 11.9. The van der Waals surface area contributed by atoms with Crippen LogP contribution in [0.15, 0.2) is 60.7 Å². The summed E-state index contributed by atoms with van der Waals surface area (Å²) in [7, 11) is 1.59. The first-order valence-electron chi connectivity index (χ1n) is 8.19. The molecule has 2 amide bonds. The van der Waals surface area contributed by atoms with Crippen LogP contribution in [0.1, 0.15) is 24.5 Å². The van der Waals surface area contributed by atoms with Crippen LogP contribution in [0.3, 0.4) is 0 Å².